The van der Waals surface area contributed by atoms with E-state index in [9.17, 15) is 8.78 Å². The van der Waals surface area contributed by atoms with E-state index >= 15 is 0 Å². The van der Waals surface area contributed by atoms with E-state index in [2.05, 4.69) is 0 Å². The minimum Gasteiger partial charge on any atom is -0.395 e. The van der Waals surface area contributed by atoms with Crippen molar-refractivity contribution in [1.82, 2.24) is 4.90 Å². The third kappa shape index (κ3) is 4.33. The molecule has 0 saturated heterocycles. The lowest BCUT2D eigenvalue weighted by Crippen LogP contribution is -2.43. The predicted octanol–water partition coefficient (Wildman–Crippen LogP) is 1.63. The van der Waals surface area contributed by atoms with Gasteiger partial charge in [0.15, 0.2) is 0 Å². The molecule has 0 spiro atoms. The Morgan fingerprint density at radius 3 is 2.33 bits per heavy atom. The fourth-order valence-electron chi connectivity index (χ4n) is 2.15. The molecule has 1 rings (SSSR count). The fourth-order valence-corrected chi connectivity index (χ4v) is 2.15. The van der Waals surface area contributed by atoms with Crippen LogP contribution in [0.1, 0.15) is 18.5 Å². The Kier molecular flexibility index (Phi) is 6.18. The lowest BCUT2D eigenvalue weighted by Gasteiger charge is -2.34. The van der Waals surface area contributed by atoms with Gasteiger partial charge in [0, 0.05) is 18.6 Å². The minimum atomic E-state index is -2.44. The molecule has 5 heteroatoms. The SMILES string of the molecule is CC(N)C(c1ccccc1)N(CCO)CC(F)F. The van der Waals surface area contributed by atoms with Crippen molar-refractivity contribution in [2.75, 3.05) is 19.7 Å². The topological polar surface area (TPSA) is 49.5 Å². The van der Waals surface area contributed by atoms with E-state index in [1.54, 1.807) is 6.92 Å². The molecule has 0 aliphatic carbocycles. The van der Waals surface area contributed by atoms with E-state index in [1.807, 2.05) is 30.3 Å². The number of alkyl halides is 2. The van der Waals surface area contributed by atoms with Gasteiger partial charge in [-0.1, -0.05) is 30.3 Å². The van der Waals surface area contributed by atoms with E-state index in [-0.39, 0.29) is 31.8 Å². The van der Waals surface area contributed by atoms with Crippen molar-refractivity contribution in [3.05, 3.63) is 35.9 Å². The highest BCUT2D eigenvalue weighted by molar-refractivity contribution is 5.20. The quantitative estimate of drug-likeness (QED) is 0.781. The lowest BCUT2D eigenvalue weighted by molar-refractivity contribution is 0.0487. The molecule has 2 unspecified atom stereocenters. The fraction of sp³-hybridized carbons (Fsp3) is 0.538. The number of aliphatic hydroxyl groups is 1. The van der Waals surface area contributed by atoms with E-state index in [4.69, 9.17) is 10.8 Å². The van der Waals surface area contributed by atoms with Gasteiger partial charge in [-0.05, 0) is 12.5 Å². The van der Waals surface area contributed by atoms with Crippen molar-refractivity contribution in [3.8, 4) is 0 Å². The monoisotopic (exact) mass is 258 g/mol. The first-order valence-electron chi connectivity index (χ1n) is 5.99. The molecule has 0 saturated carbocycles. The molecule has 1 aromatic carbocycles. The predicted molar refractivity (Wildman–Crippen MR) is 67.5 cm³/mol. The van der Waals surface area contributed by atoms with Crippen molar-refractivity contribution in [3.63, 3.8) is 0 Å². The van der Waals surface area contributed by atoms with Crippen LogP contribution in [0.3, 0.4) is 0 Å². The van der Waals surface area contributed by atoms with E-state index in [1.165, 1.54) is 4.90 Å². The summed E-state index contributed by atoms with van der Waals surface area (Å²) in [7, 11) is 0. The van der Waals surface area contributed by atoms with Gasteiger partial charge in [0.1, 0.15) is 0 Å². The van der Waals surface area contributed by atoms with Crippen LogP contribution in [0.15, 0.2) is 30.3 Å². The van der Waals surface area contributed by atoms with Crippen LogP contribution in [0, 0.1) is 0 Å². The van der Waals surface area contributed by atoms with Gasteiger partial charge in [0.2, 0.25) is 0 Å². The van der Waals surface area contributed by atoms with Crippen molar-refractivity contribution in [1.29, 1.82) is 0 Å². The molecule has 1 aromatic rings. The molecule has 0 amide bonds. The Balaban J connectivity index is 2.93. The highest BCUT2D eigenvalue weighted by Crippen LogP contribution is 2.23. The zero-order chi connectivity index (χ0) is 13.5. The number of halogens is 2. The largest absolute Gasteiger partial charge is 0.395 e. The maximum absolute atomic E-state index is 12.6. The summed E-state index contributed by atoms with van der Waals surface area (Å²) in [5.74, 6) is 0. The first-order valence-corrected chi connectivity index (χ1v) is 5.99. The average molecular weight is 258 g/mol. The number of rotatable bonds is 7. The lowest BCUT2D eigenvalue weighted by atomic mass is 9.99. The van der Waals surface area contributed by atoms with Crippen LogP contribution in [0.4, 0.5) is 8.78 Å². The summed E-state index contributed by atoms with van der Waals surface area (Å²) in [6.07, 6.45) is -2.44. The molecule has 0 aliphatic rings. The van der Waals surface area contributed by atoms with Gasteiger partial charge in [-0.3, -0.25) is 4.90 Å². The maximum Gasteiger partial charge on any atom is 0.251 e. The summed E-state index contributed by atoms with van der Waals surface area (Å²) < 4.78 is 25.2. The Labute approximate surface area is 106 Å². The molecule has 0 bridgehead atoms. The molecule has 18 heavy (non-hydrogen) atoms. The van der Waals surface area contributed by atoms with Crippen LogP contribution in [0.2, 0.25) is 0 Å². The molecule has 0 radical (unpaired) electrons. The zero-order valence-electron chi connectivity index (χ0n) is 10.5. The zero-order valence-corrected chi connectivity index (χ0v) is 10.5. The van der Waals surface area contributed by atoms with Gasteiger partial charge in [-0.15, -0.1) is 0 Å². The second kappa shape index (κ2) is 7.41. The number of nitrogens with zero attached hydrogens (tertiary/aromatic N) is 1. The summed E-state index contributed by atoms with van der Waals surface area (Å²) in [6.45, 7) is 1.42. The Morgan fingerprint density at radius 2 is 1.89 bits per heavy atom. The van der Waals surface area contributed by atoms with Gasteiger partial charge in [-0.2, -0.15) is 0 Å². The maximum atomic E-state index is 12.6. The first-order chi connectivity index (χ1) is 8.56. The van der Waals surface area contributed by atoms with Crippen LogP contribution in [0.5, 0.6) is 0 Å². The smallest absolute Gasteiger partial charge is 0.251 e. The van der Waals surface area contributed by atoms with Crippen molar-refractivity contribution in [2.24, 2.45) is 5.73 Å². The van der Waals surface area contributed by atoms with Crippen LogP contribution in [-0.4, -0.2) is 42.2 Å². The van der Waals surface area contributed by atoms with Gasteiger partial charge >= 0.3 is 0 Å². The number of aliphatic hydroxyl groups excluding tert-OH is 1. The van der Waals surface area contributed by atoms with Crippen molar-refractivity contribution < 1.29 is 13.9 Å². The normalized spacial score (nSPS) is 15.1. The molecular formula is C13H20F2N2O. The number of hydrogen-bond donors (Lipinski definition) is 2. The minimum absolute atomic E-state index is 0.164. The number of hydrogen-bond acceptors (Lipinski definition) is 3. The van der Waals surface area contributed by atoms with Crippen LogP contribution in [-0.2, 0) is 0 Å². The highest BCUT2D eigenvalue weighted by Gasteiger charge is 2.25. The molecule has 0 heterocycles. The molecule has 0 aliphatic heterocycles. The Hall–Kier alpha value is -1.04. The number of nitrogens with two attached hydrogens (primary N) is 1. The molecule has 2 atom stereocenters. The highest BCUT2D eigenvalue weighted by atomic mass is 19.3. The molecular weight excluding hydrogens is 238 g/mol. The van der Waals surface area contributed by atoms with Crippen LogP contribution >= 0.6 is 0 Å². The second-order valence-corrected chi connectivity index (χ2v) is 4.32. The standard InChI is InChI=1S/C13H20F2N2O/c1-10(16)13(11-5-3-2-4-6-11)17(7-8-18)9-12(14)15/h2-6,10,12-13,18H,7-9,16H2,1H3. The first kappa shape index (κ1) is 15.0. The van der Waals surface area contributed by atoms with Crippen LogP contribution in [0.25, 0.3) is 0 Å². The molecule has 0 fully saturated rings. The molecule has 3 N–H and O–H groups in total. The molecule has 3 nitrogen and oxygen atoms in total. The summed E-state index contributed by atoms with van der Waals surface area (Å²) >= 11 is 0. The Bertz CT molecular complexity index is 333. The summed E-state index contributed by atoms with van der Waals surface area (Å²) in [5, 5.41) is 9.00. The summed E-state index contributed by atoms with van der Waals surface area (Å²) in [5.41, 5.74) is 6.80. The summed E-state index contributed by atoms with van der Waals surface area (Å²) in [6, 6.07) is 8.69. The number of benzene rings is 1. The average Bonchev–Trinajstić information content (AvgIpc) is 2.29. The van der Waals surface area contributed by atoms with E-state index < -0.39 is 6.43 Å². The third-order valence-electron chi connectivity index (χ3n) is 2.79. The summed E-state index contributed by atoms with van der Waals surface area (Å²) in [4.78, 5) is 1.53. The van der Waals surface area contributed by atoms with E-state index in [0.29, 0.717) is 0 Å². The molecule has 102 valence electrons. The van der Waals surface area contributed by atoms with Gasteiger partial charge in [0.05, 0.1) is 13.2 Å². The van der Waals surface area contributed by atoms with Crippen molar-refractivity contribution in [2.45, 2.75) is 25.4 Å². The van der Waals surface area contributed by atoms with Crippen molar-refractivity contribution >= 4 is 0 Å². The van der Waals surface area contributed by atoms with Crippen LogP contribution < -0.4 is 5.73 Å². The van der Waals surface area contributed by atoms with Gasteiger partial charge in [0.25, 0.3) is 6.43 Å². The van der Waals surface area contributed by atoms with Gasteiger partial charge < -0.3 is 10.8 Å². The van der Waals surface area contributed by atoms with E-state index in [0.717, 1.165) is 5.56 Å². The molecule has 0 aromatic heterocycles. The second-order valence-electron chi connectivity index (χ2n) is 4.32. The van der Waals surface area contributed by atoms with Gasteiger partial charge in [-0.25, -0.2) is 8.78 Å². The Morgan fingerprint density at radius 1 is 1.28 bits per heavy atom. The third-order valence-corrected chi connectivity index (χ3v) is 2.79.